The van der Waals surface area contributed by atoms with E-state index in [2.05, 4.69) is 11.2 Å². The van der Waals surface area contributed by atoms with Gasteiger partial charge in [-0.25, -0.2) is 9.78 Å². The van der Waals surface area contributed by atoms with Crippen molar-refractivity contribution in [3.63, 3.8) is 0 Å². The third-order valence-electron chi connectivity index (χ3n) is 4.04. The van der Waals surface area contributed by atoms with Crippen molar-refractivity contribution in [1.29, 1.82) is 0 Å². The molecule has 0 aliphatic carbocycles. The molecule has 2 aromatic heterocycles. The van der Waals surface area contributed by atoms with Crippen LogP contribution in [0.25, 0.3) is 20.8 Å². The van der Waals surface area contributed by atoms with Crippen molar-refractivity contribution >= 4 is 27.5 Å². The van der Waals surface area contributed by atoms with Gasteiger partial charge in [-0.2, -0.15) is 5.10 Å². The number of fused-ring (bicyclic) bond motifs is 1. The van der Waals surface area contributed by atoms with Gasteiger partial charge < -0.3 is 5.11 Å². The summed E-state index contributed by atoms with van der Waals surface area (Å²) in [4.78, 5) is 15.9. The number of hydrogen-bond donors (Lipinski definition) is 1. The van der Waals surface area contributed by atoms with E-state index >= 15 is 0 Å². The van der Waals surface area contributed by atoms with Crippen molar-refractivity contribution in [2.75, 3.05) is 0 Å². The molecule has 2 heterocycles. The van der Waals surface area contributed by atoms with Gasteiger partial charge in [-0.15, -0.1) is 11.3 Å². The lowest BCUT2D eigenvalue weighted by atomic mass is 10.2. The summed E-state index contributed by atoms with van der Waals surface area (Å²) in [6.07, 6.45) is 0. The summed E-state index contributed by atoms with van der Waals surface area (Å²) in [5, 5.41) is 14.3. The standard InChI is InChI=1S/C19H15N3O2S/c1-12-10-15(19(23)24)21-22(12)11-14-8-5-9-16-17(14)20-18(25-16)13-6-3-2-4-7-13/h2-10H,11H2,1H3,(H,23,24). The highest BCUT2D eigenvalue weighted by atomic mass is 32.1. The first kappa shape index (κ1) is 15.5. The Morgan fingerprint density at radius 1 is 1.16 bits per heavy atom. The molecule has 0 fully saturated rings. The molecular weight excluding hydrogens is 334 g/mol. The van der Waals surface area contributed by atoms with Crippen LogP contribution in [0.5, 0.6) is 0 Å². The monoisotopic (exact) mass is 349 g/mol. The maximum Gasteiger partial charge on any atom is 0.356 e. The minimum Gasteiger partial charge on any atom is -0.476 e. The van der Waals surface area contributed by atoms with Gasteiger partial charge in [0.25, 0.3) is 0 Å². The first-order valence-electron chi connectivity index (χ1n) is 7.83. The SMILES string of the molecule is Cc1cc(C(=O)O)nn1Cc1cccc2sc(-c3ccccc3)nc12. The molecule has 4 aromatic rings. The molecule has 0 atom stereocenters. The summed E-state index contributed by atoms with van der Waals surface area (Å²) < 4.78 is 2.82. The molecule has 2 aromatic carbocycles. The van der Waals surface area contributed by atoms with Gasteiger partial charge in [-0.3, -0.25) is 4.68 Å². The summed E-state index contributed by atoms with van der Waals surface area (Å²) in [7, 11) is 0. The number of carboxylic acid groups (broad SMARTS) is 1. The topological polar surface area (TPSA) is 68.0 Å². The lowest BCUT2D eigenvalue weighted by molar-refractivity contribution is 0.0689. The van der Waals surface area contributed by atoms with E-state index in [9.17, 15) is 4.79 Å². The molecule has 0 amide bonds. The van der Waals surface area contributed by atoms with E-state index in [0.29, 0.717) is 6.54 Å². The highest BCUT2D eigenvalue weighted by Crippen LogP contribution is 2.32. The molecule has 0 radical (unpaired) electrons. The second-order valence-electron chi connectivity index (χ2n) is 5.78. The Morgan fingerprint density at radius 3 is 2.68 bits per heavy atom. The Kier molecular flexibility index (Phi) is 3.82. The van der Waals surface area contributed by atoms with Gasteiger partial charge in [-0.1, -0.05) is 42.5 Å². The van der Waals surface area contributed by atoms with Gasteiger partial charge in [-0.05, 0) is 19.1 Å². The first-order valence-corrected chi connectivity index (χ1v) is 8.65. The van der Waals surface area contributed by atoms with Crippen LogP contribution in [-0.4, -0.2) is 25.8 Å². The van der Waals surface area contributed by atoms with Crippen LogP contribution in [0, 0.1) is 6.92 Å². The molecule has 5 nitrogen and oxygen atoms in total. The number of carboxylic acids is 1. The van der Waals surface area contributed by atoms with Crippen LogP contribution >= 0.6 is 11.3 Å². The molecule has 0 aliphatic heterocycles. The number of rotatable bonds is 4. The number of aromatic carboxylic acids is 1. The Balaban J connectivity index is 1.75. The number of thiazole rings is 1. The second-order valence-corrected chi connectivity index (χ2v) is 6.81. The predicted molar refractivity (Wildman–Crippen MR) is 98.1 cm³/mol. The van der Waals surface area contributed by atoms with E-state index in [4.69, 9.17) is 10.1 Å². The maximum atomic E-state index is 11.1. The van der Waals surface area contributed by atoms with Crippen molar-refractivity contribution in [2.45, 2.75) is 13.5 Å². The van der Waals surface area contributed by atoms with Crippen LogP contribution in [0.4, 0.5) is 0 Å². The Bertz CT molecular complexity index is 1070. The van der Waals surface area contributed by atoms with Crippen molar-refractivity contribution in [1.82, 2.24) is 14.8 Å². The number of aryl methyl sites for hydroxylation is 1. The van der Waals surface area contributed by atoms with E-state index in [1.807, 2.05) is 49.4 Å². The molecule has 0 saturated heterocycles. The third-order valence-corrected chi connectivity index (χ3v) is 5.11. The molecule has 0 bridgehead atoms. The van der Waals surface area contributed by atoms with Crippen LogP contribution < -0.4 is 0 Å². The quantitative estimate of drug-likeness (QED) is 0.599. The normalized spacial score (nSPS) is 11.1. The fourth-order valence-corrected chi connectivity index (χ4v) is 3.79. The van der Waals surface area contributed by atoms with Gasteiger partial charge in [0, 0.05) is 16.8 Å². The number of para-hydroxylation sites is 1. The molecule has 0 aliphatic rings. The van der Waals surface area contributed by atoms with Crippen LogP contribution in [0.15, 0.2) is 54.6 Å². The predicted octanol–water partition coefficient (Wildman–Crippen LogP) is 4.21. The zero-order valence-electron chi connectivity index (χ0n) is 13.5. The molecule has 25 heavy (non-hydrogen) atoms. The highest BCUT2D eigenvalue weighted by Gasteiger charge is 2.14. The van der Waals surface area contributed by atoms with Gasteiger partial charge in [0.1, 0.15) is 5.01 Å². The van der Waals surface area contributed by atoms with Crippen LogP contribution in [0.2, 0.25) is 0 Å². The largest absolute Gasteiger partial charge is 0.476 e. The second kappa shape index (κ2) is 6.14. The van der Waals surface area contributed by atoms with Crippen molar-refractivity contribution in [2.24, 2.45) is 0 Å². The number of carbonyl (C=O) groups is 1. The molecule has 6 heteroatoms. The molecule has 0 spiro atoms. The average molecular weight is 349 g/mol. The summed E-state index contributed by atoms with van der Waals surface area (Å²) in [6, 6.07) is 17.7. The molecule has 1 N–H and O–H groups in total. The zero-order valence-corrected chi connectivity index (χ0v) is 14.3. The Labute approximate surface area is 148 Å². The highest BCUT2D eigenvalue weighted by molar-refractivity contribution is 7.21. The minimum atomic E-state index is -1.01. The smallest absolute Gasteiger partial charge is 0.356 e. The van der Waals surface area contributed by atoms with Crippen LogP contribution in [0.3, 0.4) is 0 Å². The van der Waals surface area contributed by atoms with E-state index in [1.165, 1.54) is 0 Å². The van der Waals surface area contributed by atoms with E-state index in [0.717, 1.165) is 32.0 Å². The summed E-state index contributed by atoms with van der Waals surface area (Å²) in [5.41, 5.74) is 3.94. The van der Waals surface area contributed by atoms with Crippen molar-refractivity contribution in [3.05, 3.63) is 71.5 Å². The lowest BCUT2D eigenvalue weighted by Gasteiger charge is -2.05. The molecule has 124 valence electrons. The number of nitrogens with zero attached hydrogens (tertiary/aromatic N) is 3. The van der Waals surface area contributed by atoms with Crippen molar-refractivity contribution in [3.8, 4) is 10.6 Å². The summed E-state index contributed by atoms with van der Waals surface area (Å²) >= 11 is 1.65. The average Bonchev–Trinajstić information content (AvgIpc) is 3.21. The van der Waals surface area contributed by atoms with Gasteiger partial charge in [0.15, 0.2) is 5.69 Å². The molecule has 4 rings (SSSR count). The number of aromatic nitrogens is 3. The summed E-state index contributed by atoms with van der Waals surface area (Å²) in [6.45, 7) is 2.35. The Hall–Kier alpha value is -2.99. The Morgan fingerprint density at radius 2 is 1.96 bits per heavy atom. The number of hydrogen-bond acceptors (Lipinski definition) is 4. The van der Waals surface area contributed by atoms with Crippen LogP contribution in [-0.2, 0) is 6.54 Å². The fourth-order valence-electron chi connectivity index (χ4n) is 2.77. The van der Waals surface area contributed by atoms with E-state index < -0.39 is 5.97 Å². The third kappa shape index (κ3) is 2.92. The zero-order chi connectivity index (χ0) is 17.4. The van der Waals surface area contributed by atoms with E-state index in [-0.39, 0.29) is 5.69 Å². The lowest BCUT2D eigenvalue weighted by Crippen LogP contribution is -2.06. The molecular formula is C19H15N3O2S. The minimum absolute atomic E-state index is 0.0629. The van der Waals surface area contributed by atoms with Gasteiger partial charge >= 0.3 is 5.97 Å². The summed E-state index contributed by atoms with van der Waals surface area (Å²) in [5.74, 6) is -1.01. The van der Waals surface area contributed by atoms with Crippen LogP contribution in [0.1, 0.15) is 21.7 Å². The van der Waals surface area contributed by atoms with Crippen molar-refractivity contribution < 1.29 is 9.90 Å². The maximum absolute atomic E-state index is 11.1. The number of benzene rings is 2. The fraction of sp³-hybridized carbons (Fsp3) is 0.105. The first-order chi connectivity index (χ1) is 12.1. The van der Waals surface area contributed by atoms with E-state index in [1.54, 1.807) is 22.1 Å². The molecule has 0 saturated carbocycles. The molecule has 0 unspecified atom stereocenters. The van der Waals surface area contributed by atoms with Gasteiger partial charge in [0.2, 0.25) is 0 Å². The van der Waals surface area contributed by atoms with Gasteiger partial charge in [0.05, 0.1) is 16.8 Å².